The first-order valence-electron chi connectivity index (χ1n) is 9.34. The molecule has 0 radical (unpaired) electrons. The van der Waals surface area contributed by atoms with Crippen molar-refractivity contribution in [3.8, 4) is 11.4 Å². The van der Waals surface area contributed by atoms with Crippen molar-refractivity contribution in [1.82, 2.24) is 19.8 Å². The van der Waals surface area contributed by atoms with Crippen molar-refractivity contribution >= 4 is 11.8 Å². The molecule has 1 aromatic carbocycles. The Morgan fingerprint density at radius 3 is 2.54 bits per heavy atom. The van der Waals surface area contributed by atoms with Crippen molar-refractivity contribution in [2.75, 3.05) is 20.1 Å². The molecule has 26 heavy (non-hydrogen) atoms. The molecule has 1 aliphatic carbocycles. The smallest absolute Gasteiger partial charge is 0.271 e. The highest BCUT2D eigenvalue weighted by Gasteiger charge is 2.32. The predicted molar refractivity (Wildman–Crippen MR) is 98.7 cm³/mol. The fraction of sp³-hybridized carbons (Fsp3) is 0.450. The molecular formula is C20H24N4O2. The van der Waals surface area contributed by atoms with Gasteiger partial charge in [-0.05, 0) is 12.8 Å². The van der Waals surface area contributed by atoms with E-state index in [9.17, 15) is 9.59 Å². The summed E-state index contributed by atoms with van der Waals surface area (Å²) in [5.41, 5.74) is 2.39. The Bertz CT molecular complexity index is 824. The maximum Gasteiger partial charge on any atom is 0.271 e. The molecule has 4 rings (SSSR count). The van der Waals surface area contributed by atoms with E-state index in [1.165, 1.54) is 0 Å². The van der Waals surface area contributed by atoms with E-state index in [0.29, 0.717) is 31.7 Å². The number of hydrogen-bond donors (Lipinski definition) is 1. The van der Waals surface area contributed by atoms with Crippen molar-refractivity contribution in [3.05, 3.63) is 41.7 Å². The maximum absolute atomic E-state index is 12.7. The van der Waals surface area contributed by atoms with Gasteiger partial charge in [0.2, 0.25) is 5.91 Å². The van der Waals surface area contributed by atoms with E-state index in [4.69, 9.17) is 0 Å². The molecule has 0 bridgehead atoms. The lowest BCUT2D eigenvalue weighted by Gasteiger charge is -2.30. The number of carbonyl (C=O) groups excluding carboxylic acids is 2. The van der Waals surface area contributed by atoms with Gasteiger partial charge in [-0.1, -0.05) is 36.8 Å². The van der Waals surface area contributed by atoms with Gasteiger partial charge in [0.1, 0.15) is 11.5 Å². The number of benzene rings is 1. The Morgan fingerprint density at radius 2 is 1.88 bits per heavy atom. The Hall–Kier alpha value is -2.63. The number of fused-ring (bicyclic) bond motifs is 1. The largest absolute Gasteiger partial charge is 0.354 e. The van der Waals surface area contributed by atoms with E-state index in [0.717, 1.165) is 36.3 Å². The summed E-state index contributed by atoms with van der Waals surface area (Å²) in [4.78, 5) is 31.6. The summed E-state index contributed by atoms with van der Waals surface area (Å²) in [5.74, 6) is 1.11. The summed E-state index contributed by atoms with van der Waals surface area (Å²) in [5, 5.41) is 2.69. The molecule has 0 saturated heterocycles. The Labute approximate surface area is 153 Å². The molecule has 0 atom stereocenters. The molecule has 2 heterocycles. The van der Waals surface area contributed by atoms with Crippen LogP contribution in [-0.4, -0.2) is 46.4 Å². The summed E-state index contributed by atoms with van der Waals surface area (Å²) >= 11 is 0. The van der Waals surface area contributed by atoms with E-state index in [1.807, 2.05) is 35.2 Å². The lowest BCUT2D eigenvalue weighted by Crippen LogP contribution is -2.40. The number of carbonyl (C=O) groups is 2. The SMILES string of the molecule is CNC(=O)c1nc(-c2ccccc2)n2c1CCN(C(=O)C1CCC1)CC2. The Kier molecular flexibility index (Phi) is 4.49. The lowest BCUT2D eigenvalue weighted by atomic mass is 9.84. The average Bonchev–Trinajstić information content (AvgIpc) is 2.84. The highest BCUT2D eigenvalue weighted by molar-refractivity contribution is 5.94. The first kappa shape index (κ1) is 16.8. The quantitative estimate of drug-likeness (QED) is 0.920. The van der Waals surface area contributed by atoms with Crippen LogP contribution in [0.3, 0.4) is 0 Å². The second kappa shape index (κ2) is 6.94. The zero-order valence-electron chi connectivity index (χ0n) is 15.1. The molecule has 0 spiro atoms. The summed E-state index contributed by atoms with van der Waals surface area (Å²) in [6, 6.07) is 9.92. The third-order valence-corrected chi connectivity index (χ3v) is 5.52. The van der Waals surface area contributed by atoms with E-state index >= 15 is 0 Å². The van der Waals surface area contributed by atoms with E-state index in [1.54, 1.807) is 7.05 Å². The third-order valence-electron chi connectivity index (χ3n) is 5.52. The molecule has 1 N–H and O–H groups in total. The molecule has 2 aliphatic rings. The van der Waals surface area contributed by atoms with Gasteiger partial charge in [-0.2, -0.15) is 0 Å². The molecule has 136 valence electrons. The summed E-state index contributed by atoms with van der Waals surface area (Å²) < 4.78 is 2.12. The lowest BCUT2D eigenvalue weighted by molar-refractivity contribution is -0.138. The van der Waals surface area contributed by atoms with Crippen molar-refractivity contribution in [2.45, 2.75) is 32.2 Å². The van der Waals surface area contributed by atoms with Gasteiger partial charge in [-0.25, -0.2) is 4.98 Å². The highest BCUT2D eigenvalue weighted by atomic mass is 16.2. The van der Waals surface area contributed by atoms with Gasteiger partial charge in [0.05, 0.1) is 5.69 Å². The molecule has 0 unspecified atom stereocenters. The van der Waals surface area contributed by atoms with Crippen LogP contribution in [0.2, 0.25) is 0 Å². The molecule has 6 nitrogen and oxygen atoms in total. The molecule has 1 saturated carbocycles. The van der Waals surface area contributed by atoms with E-state index in [2.05, 4.69) is 14.9 Å². The van der Waals surface area contributed by atoms with Gasteiger partial charge < -0.3 is 14.8 Å². The molecule has 2 amide bonds. The minimum absolute atomic E-state index is 0.172. The van der Waals surface area contributed by atoms with Crippen LogP contribution >= 0.6 is 0 Å². The minimum Gasteiger partial charge on any atom is -0.354 e. The topological polar surface area (TPSA) is 67.2 Å². The minimum atomic E-state index is -0.172. The molecule has 1 aromatic heterocycles. The monoisotopic (exact) mass is 352 g/mol. The fourth-order valence-electron chi connectivity index (χ4n) is 3.80. The van der Waals surface area contributed by atoms with Gasteiger partial charge in [0, 0.05) is 44.6 Å². The molecule has 1 aliphatic heterocycles. The average molecular weight is 352 g/mol. The van der Waals surface area contributed by atoms with Crippen LogP contribution in [0, 0.1) is 5.92 Å². The Balaban J connectivity index is 1.68. The van der Waals surface area contributed by atoms with E-state index in [-0.39, 0.29) is 17.7 Å². The fourth-order valence-corrected chi connectivity index (χ4v) is 3.80. The highest BCUT2D eigenvalue weighted by Crippen LogP contribution is 2.30. The first-order valence-corrected chi connectivity index (χ1v) is 9.34. The van der Waals surface area contributed by atoms with Crippen LogP contribution in [0.25, 0.3) is 11.4 Å². The molecular weight excluding hydrogens is 328 g/mol. The van der Waals surface area contributed by atoms with Crippen LogP contribution in [0.15, 0.2) is 30.3 Å². The standard InChI is InChI=1S/C20H24N4O2/c1-21-19(25)17-16-10-11-23(20(26)15-8-5-9-15)12-13-24(16)18(22-17)14-6-3-2-4-7-14/h2-4,6-7,15H,5,8-13H2,1H3,(H,21,25). The predicted octanol–water partition coefficient (Wildman–Crippen LogP) is 2.09. The van der Waals surface area contributed by atoms with Gasteiger partial charge in [-0.3, -0.25) is 9.59 Å². The summed E-state index contributed by atoms with van der Waals surface area (Å²) in [6.45, 7) is 1.99. The zero-order valence-corrected chi connectivity index (χ0v) is 15.1. The van der Waals surface area contributed by atoms with Gasteiger partial charge in [-0.15, -0.1) is 0 Å². The summed E-state index contributed by atoms with van der Waals surface area (Å²) in [7, 11) is 1.62. The second-order valence-corrected chi connectivity index (χ2v) is 7.03. The van der Waals surface area contributed by atoms with Crippen molar-refractivity contribution in [3.63, 3.8) is 0 Å². The van der Waals surface area contributed by atoms with Gasteiger partial charge >= 0.3 is 0 Å². The number of nitrogens with zero attached hydrogens (tertiary/aromatic N) is 3. The summed E-state index contributed by atoms with van der Waals surface area (Å²) in [6.07, 6.45) is 3.85. The van der Waals surface area contributed by atoms with Gasteiger partial charge in [0.25, 0.3) is 5.91 Å². The second-order valence-electron chi connectivity index (χ2n) is 7.03. The van der Waals surface area contributed by atoms with Crippen molar-refractivity contribution < 1.29 is 9.59 Å². The first-order chi connectivity index (χ1) is 12.7. The van der Waals surface area contributed by atoms with Crippen LogP contribution in [0.5, 0.6) is 0 Å². The zero-order chi connectivity index (χ0) is 18.1. The van der Waals surface area contributed by atoms with Crippen LogP contribution in [0.4, 0.5) is 0 Å². The molecule has 1 fully saturated rings. The van der Waals surface area contributed by atoms with Crippen molar-refractivity contribution in [2.24, 2.45) is 5.92 Å². The van der Waals surface area contributed by atoms with E-state index < -0.39 is 0 Å². The number of aromatic nitrogens is 2. The Morgan fingerprint density at radius 1 is 1.12 bits per heavy atom. The maximum atomic E-state index is 12.7. The van der Waals surface area contributed by atoms with Crippen LogP contribution in [0.1, 0.15) is 35.4 Å². The van der Waals surface area contributed by atoms with Crippen molar-refractivity contribution in [1.29, 1.82) is 0 Å². The number of hydrogen-bond acceptors (Lipinski definition) is 3. The molecule has 2 aromatic rings. The van der Waals surface area contributed by atoms with Gasteiger partial charge in [0.15, 0.2) is 0 Å². The van der Waals surface area contributed by atoms with Crippen LogP contribution < -0.4 is 5.32 Å². The number of nitrogens with one attached hydrogen (secondary N) is 1. The normalized spacial score (nSPS) is 17.2. The van der Waals surface area contributed by atoms with Crippen LogP contribution in [-0.2, 0) is 17.8 Å². The number of rotatable bonds is 3. The third kappa shape index (κ3) is 2.89. The molecule has 6 heteroatoms. The number of imidazole rings is 1. The number of amides is 2.